The van der Waals surface area contributed by atoms with Crippen molar-refractivity contribution in [2.24, 2.45) is 5.92 Å². The van der Waals surface area contributed by atoms with Crippen molar-refractivity contribution in [3.8, 4) is 6.07 Å². The summed E-state index contributed by atoms with van der Waals surface area (Å²) in [5, 5.41) is 11.7. The summed E-state index contributed by atoms with van der Waals surface area (Å²) < 4.78 is 0. The van der Waals surface area contributed by atoms with Crippen LogP contribution in [0.5, 0.6) is 0 Å². The highest BCUT2D eigenvalue weighted by atomic mass is 14.9. The third-order valence-electron chi connectivity index (χ3n) is 2.27. The summed E-state index contributed by atoms with van der Waals surface area (Å²) in [6, 6.07) is 2.83. The van der Waals surface area contributed by atoms with E-state index in [1.54, 1.807) is 0 Å². The van der Waals surface area contributed by atoms with Gasteiger partial charge >= 0.3 is 0 Å². The SMILES string of the molecule is CCC(NCCC#N)C1CC1. The molecule has 0 aromatic rings. The van der Waals surface area contributed by atoms with Gasteiger partial charge in [-0.25, -0.2) is 0 Å². The van der Waals surface area contributed by atoms with Gasteiger partial charge in [0.15, 0.2) is 0 Å². The second kappa shape index (κ2) is 4.35. The zero-order chi connectivity index (χ0) is 8.10. The first-order valence-corrected chi connectivity index (χ1v) is 4.48. The summed E-state index contributed by atoms with van der Waals surface area (Å²) in [5.74, 6) is 0.915. The Bertz CT molecular complexity index is 144. The Morgan fingerprint density at radius 2 is 2.36 bits per heavy atom. The van der Waals surface area contributed by atoms with E-state index in [0.29, 0.717) is 12.5 Å². The van der Waals surface area contributed by atoms with E-state index >= 15 is 0 Å². The van der Waals surface area contributed by atoms with Crippen LogP contribution in [-0.2, 0) is 0 Å². The molecule has 0 spiro atoms. The van der Waals surface area contributed by atoms with Gasteiger partial charge in [0.25, 0.3) is 0 Å². The molecule has 0 heterocycles. The van der Waals surface area contributed by atoms with Crippen molar-refractivity contribution in [1.29, 1.82) is 5.26 Å². The van der Waals surface area contributed by atoms with Gasteiger partial charge in [0.1, 0.15) is 0 Å². The van der Waals surface area contributed by atoms with Crippen molar-refractivity contribution in [2.75, 3.05) is 6.54 Å². The number of rotatable bonds is 5. The maximum Gasteiger partial charge on any atom is 0.0635 e. The molecule has 11 heavy (non-hydrogen) atoms. The molecule has 0 saturated heterocycles. The summed E-state index contributed by atoms with van der Waals surface area (Å²) in [6.07, 6.45) is 4.62. The Morgan fingerprint density at radius 3 is 2.82 bits per heavy atom. The van der Waals surface area contributed by atoms with Crippen LogP contribution in [0, 0.1) is 17.2 Å². The van der Waals surface area contributed by atoms with E-state index in [4.69, 9.17) is 5.26 Å². The highest BCUT2D eigenvalue weighted by Crippen LogP contribution is 2.33. The molecule has 0 aromatic carbocycles. The summed E-state index contributed by atoms with van der Waals surface area (Å²) in [5.41, 5.74) is 0. The highest BCUT2D eigenvalue weighted by Gasteiger charge is 2.28. The summed E-state index contributed by atoms with van der Waals surface area (Å²) in [4.78, 5) is 0. The van der Waals surface area contributed by atoms with Crippen molar-refractivity contribution in [3.05, 3.63) is 0 Å². The molecule has 62 valence electrons. The number of hydrogen-bond acceptors (Lipinski definition) is 2. The summed E-state index contributed by atoms with van der Waals surface area (Å²) in [6.45, 7) is 3.08. The maximum absolute atomic E-state index is 8.32. The molecule has 0 bridgehead atoms. The van der Waals surface area contributed by atoms with Crippen molar-refractivity contribution < 1.29 is 0 Å². The molecule has 0 aliphatic heterocycles. The van der Waals surface area contributed by atoms with Crippen LogP contribution in [-0.4, -0.2) is 12.6 Å². The third kappa shape index (κ3) is 2.90. The molecule has 1 fully saturated rings. The third-order valence-corrected chi connectivity index (χ3v) is 2.27. The van der Waals surface area contributed by atoms with Gasteiger partial charge in [-0.15, -0.1) is 0 Å². The van der Waals surface area contributed by atoms with E-state index in [0.717, 1.165) is 12.5 Å². The number of nitriles is 1. The van der Waals surface area contributed by atoms with Crippen molar-refractivity contribution in [1.82, 2.24) is 5.32 Å². The van der Waals surface area contributed by atoms with E-state index in [1.165, 1.54) is 19.3 Å². The lowest BCUT2D eigenvalue weighted by Crippen LogP contribution is -2.30. The van der Waals surface area contributed by atoms with Gasteiger partial charge in [-0.05, 0) is 25.2 Å². The van der Waals surface area contributed by atoms with Crippen molar-refractivity contribution >= 4 is 0 Å². The van der Waals surface area contributed by atoms with E-state index in [2.05, 4.69) is 18.3 Å². The van der Waals surface area contributed by atoms with Crippen LogP contribution < -0.4 is 5.32 Å². The van der Waals surface area contributed by atoms with Crippen LogP contribution in [0.1, 0.15) is 32.6 Å². The van der Waals surface area contributed by atoms with Crippen LogP contribution in [0.3, 0.4) is 0 Å². The van der Waals surface area contributed by atoms with Gasteiger partial charge in [0, 0.05) is 19.0 Å². The molecule has 0 amide bonds. The fraction of sp³-hybridized carbons (Fsp3) is 0.889. The Kier molecular flexibility index (Phi) is 3.38. The minimum absolute atomic E-state index is 0.642. The Hall–Kier alpha value is -0.550. The minimum atomic E-state index is 0.642. The van der Waals surface area contributed by atoms with Gasteiger partial charge in [-0.2, -0.15) is 5.26 Å². The van der Waals surface area contributed by atoms with E-state index in [-0.39, 0.29) is 0 Å². The number of hydrogen-bond donors (Lipinski definition) is 1. The molecule has 1 aliphatic rings. The van der Waals surface area contributed by atoms with Crippen LogP contribution in [0.2, 0.25) is 0 Å². The Balaban J connectivity index is 2.06. The molecule has 2 heteroatoms. The highest BCUT2D eigenvalue weighted by molar-refractivity contribution is 4.86. The summed E-state index contributed by atoms with van der Waals surface area (Å²) >= 11 is 0. The van der Waals surface area contributed by atoms with Crippen molar-refractivity contribution in [2.45, 2.75) is 38.6 Å². The van der Waals surface area contributed by atoms with E-state index in [1.807, 2.05) is 0 Å². The summed E-state index contributed by atoms with van der Waals surface area (Å²) in [7, 11) is 0. The first kappa shape index (κ1) is 8.55. The topological polar surface area (TPSA) is 35.8 Å². The fourth-order valence-corrected chi connectivity index (χ4v) is 1.46. The van der Waals surface area contributed by atoms with Crippen LogP contribution in [0.4, 0.5) is 0 Å². The monoisotopic (exact) mass is 152 g/mol. The zero-order valence-electron chi connectivity index (χ0n) is 7.14. The molecule has 1 N–H and O–H groups in total. The predicted octanol–water partition coefficient (Wildman–Crippen LogP) is 1.68. The lowest BCUT2D eigenvalue weighted by atomic mass is 10.1. The standard InChI is InChI=1S/C9H16N2/c1-2-9(8-4-5-8)11-7-3-6-10/h8-9,11H,2-5,7H2,1H3. The quantitative estimate of drug-likeness (QED) is 0.608. The molecule has 2 nitrogen and oxygen atoms in total. The predicted molar refractivity (Wildman–Crippen MR) is 45.0 cm³/mol. The molecule has 0 aromatic heterocycles. The molecular formula is C9H16N2. The second-order valence-electron chi connectivity index (χ2n) is 3.21. The minimum Gasteiger partial charge on any atom is -0.313 e. The average molecular weight is 152 g/mol. The van der Waals surface area contributed by atoms with Gasteiger partial charge in [0.05, 0.1) is 6.07 Å². The molecule has 1 unspecified atom stereocenters. The zero-order valence-corrected chi connectivity index (χ0v) is 7.14. The van der Waals surface area contributed by atoms with Gasteiger partial charge in [-0.1, -0.05) is 6.92 Å². The van der Waals surface area contributed by atoms with E-state index in [9.17, 15) is 0 Å². The van der Waals surface area contributed by atoms with Gasteiger partial charge < -0.3 is 5.32 Å². The molecular weight excluding hydrogens is 136 g/mol. The molecule has 1 saturated carbocycles. The largest absolute Gasteiger partial charge is 0.313 e. The average Bonchev–Trinajstić information content (AvgIpc) is 2.81. The maximum atomic E-state index is 8.32. The van der Waals surface area contributed by atoms with Crippen LogP contribution in [0.15, 0.2) is 0 Å². The lowest BCUT2D eigenvalue weighted by molar-refractivity contribution is 0.456. The fourth-order valence-electron chi connectivity index (χ4n) is 1.46. The van der Waals surface area contributed by atoms with Crippen LogP contribution >= 0.6 is 0 Å². The van der Waals surface area contributed by atoms with Gasteiger partial charge in [-0.3, -0.25) is 0 Å². The molecule has 1 aliphatic carbocycles. The smallest absolute Gasteiger partial charge is 0.0635 e. The molecule has 0 radical (unpaired) electrons. The van der Waals surface area contributed by atoms with Crippen LogP contribution in [0.25, 0.3) is 0 Å². The first-order chi connectivity index (χ1) is 5.38. The molecule has 1 atom stereocenters. The Morgan fingerprint density at radius 1 is 1.64 bits per heavy atom. The first-order valence-electron chi connectivity index (χ1n) is 4.48. The van der Waals surface area contributed by atoms with E-state index < -0.39 is 0 Å². The second-order valence-corrected chi connectivity index (χ2v) is 3.21. The van der Waals surface area contributed by atoms with Gasteiger partial charge in [0.2, 0.25) is 0 Å². The van der Waals surface area contributed by atoms with Crippen molar-refractivity contribution in [3.63, 3.8) is 0 Å². The number of nitrogens with zero attached hydrogens (tertiary/aromatic N) is 1. The lowest BCUT2D eigenvalue weighted by Gasteiger charge is -2.14. The normalized spacial score (nSPS) is 19.3. The molecule has 1 rings (SSSR count). The number of nitrogens with one attached hydrogen (secondary N) is 1. The Labute approximate surface area is 68.6 Å².